The van der Waals surface area contributed by atoms with Crippen LogP contribution < -0.4 is 4.74 Å². The standard InChI is InChI=1S/C26H28O7/c1-7-23(27)31-15-18-13-20(10-9-17(18)3)26(4,5)21-11-12-22(33-25(29)30-6)19(14-21)16-32-24(28)8-2/h7-14H,1-2,15-16H2,3-6H3. The summed E-state index contributed by atoms with van der Waals surface area (Å²) in [7, 11) is 1.21. The van der Waals surface area contributed by atoms with Gasteiger partial charge in [-0.15, -0.1) is 0 Å². The highest BCUT2D eigenvalue weighted by atomic mass is 16.7. The summed E-state index contributed by atoms with van der Waals surface area (Å²) >= 11 is 0. The fraction of sp³-hybridized carbons (Fsp3) is 0.269. The molecular weight excluding hydrogens is 424 g/mol. The topological polar surface area (TPSA) is 88.1 Å². The highest BCUT2D eigenvalue weighted by molar-refractivity contribution is 5.81. The van der Waals surface area contributed by atoms with Crippen LogP contribution in [0, 0.1) is 6.92 Å². The fourth-order valence-electron chi connectivity index (χ4n) is 3.11. The van der Waals surface area contributed by atoms with Gasteiger partial charge in [-0.1, -0.05) is 51.3 Å². The summed E-state index contributed by atoms with van der Waals surface area (Å²) < 4.78 is 20.1. The van der Waals surface area contributed by atoms with Crippen molar-refractivity contribution < 1.29 is 33.3 Å². The number of ether oxygens (including phenoxy) is 4. The second kappa shape index (κ2) is 11.1. The lowest BCUT2D eigenvalue weighted by atomic mass is 9.77. The zero-order chi connectivity index (χ0) is 24.6. The van der Waals surface area contributed by atoms with E-state index in [1.54, 1.807) is 6.07 Å². The third-order valence-electron chi connectivity index (χ3n) is 5.29. The minimum atomic E-state index is -0.879. The lowest BCUT2D eigenvalue weighted by molar-refractivity contribution is -0.139. The molecule has 0 atom stereocenters. The van der Waals surface area contributed by atoms with Gasteiger partial charge in [0.25, 0.3) is 0 Å². The SMILES string of the molecule is C=CC(=O)OCc1cc(C(C)(C)c2ccc(OC(=O)OC)c(COC(=O)C=C)c2)ccc1C. The minimum absolute atomic E-state index is 0.113. The number of rotatable bonds is 9. The van der Waals surface area contributed by atoms with Gasteiger partial charge in [-0.2, -0.15) is 0 Å². The Morgan fingerprint density at radius 3 is 1.94 bits per heavy atom. The summed E-state index contributed by atoms with van der Waals surface area (Å²) in [5.74, 6) is -0.862. The number of carbonyl (C=O) groups is 3. The van der Waals surface area contributed by atoms with Crippen molar-refractivity contribution in [3.05, 3.63) is 89.5 Å². The summed E-state index contributed by atoms with van der Waals surface area (Å²) in [4.78, 5) is 34.7. The molecular formula is C26H28O7. The molecule has 7 heteroatoms. The molecule has 33 heavy (non-hydrogen) atoms. The van der Waals surface area contributed by atoms with Crippen molar-refractivity contribution >= 4 is 18.1 Å². The van der Waals surface area contributed by atoms with E-state index in [1.165, 1.54) is 7.11 Å². The van der Waals surface area contributed by atoms with E-state index in [1.807, 2.05) is 51.1 Å². The van der Waals surface area contributed by atoms with Gasteiger partial charge in [0.15, 0.2) is 0 Å². The number of carbonyl (C=O) groups excluding carboxylic acids is 3. The van der Waals surface area contributed by atoms with Gasteiger partial charge in [0.2, 0.25) is 0 Å². The molecule has 2 aromatic rings. The normalized spacial score (nSPS) is 10.7. The number of hydrogen-bond donors (Lipinski definition) is 0. The molecule has 0 aliphatic carbocycles. The summed E-state index contributed by atoms with van der Waals surface area (Å²) in [5, 5.41) is 0. The Morgan fingerprint density at radius 1 is 0.879 bits per heavy atom. The van der Waals surface area contributed by atoms with Crippen molar-refractivity contribution in [1.82, 2.24) is 0 Å². The molecule has 0 bridgehead atoms. The quantitative estimate of drug-likeness (QED) is 0.231. The second-order valence-electron chi connectivity index (χ2n) is 7.77. The molecule has 2 aromatic carbocycles. The van der Waals surface area contributed by atoms with E-state index >= 15 is 0 Å². The fourth-order valence-corrected chi connectivity index (χ4v) is 3.11. The Morgan fingerprint density at radius 2 is 1.39 bits per heavy atom. The molecule has 0 heterocycles. The Kier molecular flexibility index (Phi) is 8.56. The maximum absolute atomic E-state index is 11.6. The van der Waals surface area contributed by atoms with Crippen LogP contribution in [0.3, 0.4) is 0 Å². The monoisotopic (exact) mass is 452 g/mol. The molecule has 0 saturated carbocycles. The lowest BCUT2D eigenvalue weighted by Crippen LogP contribution is -2.20. The third kappa shape index (κ3) is 6.55. The van der Waals surface area contributed by atoms with Crippen LogP contribution in [0.4, 0.5) is 4.79 Å². The van der Waals surface area contributed by atoms with Gasteiger partial charge in [0, 0.05) is 23.1 Å². The summed E-state index contributed by atoms with van der Waals surface area (Å²) in [5.41, 5.74) is 3.75. The van der Waals surface area contributed by atoms with E-state index in [0.29, 0.717) is 5.56 Å². The van der Waals surface area contributed by atoms with Gasteiger partial charge < -0.3 is 18.9 Å². The van der Waals surface area contributed by atoms with Crippen LogP contribution in [0.5, 0.6) is 5.75 Å². The zero-order valence-electron chi connectivity index (χ0n) is 19.3. The van der Waals surface area contributed by atoms with E-state index in [-0.39, 0.29) is 19.0 Å². The molecule has 0 spiro atoms. The second-order valence-corrected chi connectivity index (χ2v) is 7.77. The molecule has 0 unspecified atom stereocenters. The first-order chi connectivity index (χ1) is 15.6. The number of aryl methyl sites for hydroxylation is 1. The predicted octanol–water partition coefficient (Wildman–Crippen LogP) is 4.92. The van der Waals surface area contributed by atoms with Crippen LogP contribution in [-0.4, -0.2) is 25.2 Å². The Hall–Kier alpha value is -3.87. The largest absolute Gasteiger partial charge is 0.513 e. The van der Waals surface area contributed by atoms with Crippen LogP contribution in [-0.2, 0) is 42.4 Å². The van der Waals surface area contributed by atoms with E-state index in [9.17, 15) is 14.4 Å². The van der Waals surface area contributed by atoms with E-state index in [4.69, 9.17) is 14.2 Å². The van der Waals surface area contributed by atoms with Gasteiger partial charge >= 0.3 is 18.1 Å². The maximum atomic E-state index is 11.6. The van der Waals surface area contributed by atoms with Crippen molar-refractivity contribution in [2.45, 2.75) is 39.4 Å². The Labute approximate surface area is 193 Å². The molecule has 0 N–H and O–H groups in total. The first-order valence-electron chi connectivity index (χ1n) is 10.2. The first-order valence-corrected chi connectivity index (χ1v) is 10.2. The minimum Gasteiger partial charge on any atom is -0.458 e. The van der Waals surface area contributed by atoms with Crippen molar-refractivity contribution in [3.63, 3.8) is 0 Å². The highest BCUT2D eigenvalue weighted by Crippen LogP contribution is 2.35. The molecule has 0 aromatic heterocycles. The van der Waals surface area contributed by atoms with Gasteiger partial charge in [-0.25, -0.2) is 14.4 Å². The van der Waals surface area contributed by atoms with Crippen LogP contribution in [0.15, 0.2) is 61.7 Å². The lowest BCUT2D eigenvalue weighted by Gasteiger charge is -2.28. The van der Waals surface area contributed by atoms with Gasteiger partial charge in [0.1, 0.15) is 19.0 Å². The molecule has 0 radical (unpaired) electrons. The Bertz CT molecular complexity index is 1070. The molecule has 0 fully saturated rings. The van der Waals surface area contributed by atoms with Gasteiger partial charge in [-0.05, 0) is 41.3 Å². The van der Waals surface area contributed by atoms with E-state index in [0.717, 1.165) is 34.4 Å². The smallest absolute Gasteiger partial charge is 0.458 e. The first kappa shape index (κ1) is 25.4. The number of esters is 2. The summed E-state index contributed by atoms with van der Waals surface area (Å²) in [6.07, 6.45) is 1.30. The molecule has 7 nitrogen and oxygen atoms in total. The summed E-state index contributed by atoms with van der Waals surface area (Å²) in [6.45, 7) is 12.8. The number of methoxy groups -OCH3 is 1. The predicted molar refractivity (Wildman–Crippen MR) is 123 cm³/mol. The van der Waals surface area contributed by atoms with Crippen molar-refractivity contribution in [3.8, 4) is 5.75 Å². The van der Waals surface area contributed by atoms with Crippen LogP contribution in [0.25, 0.3) is 0 Å². The molecule has 0 amide bonds. The average Bonchev–Trinajstić information content (AvgIpc) is 2.81. The molecule has 174 valence electrons. The molecule has 0 saturated heterocycles. The van der Waals surface area contributed by atoms with Crippen molar-refractivity contribution in [1.29, 1.82) is 0 Å². The molecule has 0 aliphatic heterocycles. The summed E-state index contributed by atoms with van der Waals surface area (Å²) in [6, 6.07) is 11.2. The maximum Gasteiger partial charge on any atom is 0.513 e. The van der Waals surface area contributed by atoms with Crippen molar-refractivity contribution in [2.75, 3.05) is 7.11 Å². The van der Waals surface area contributed by atoms with E-state index in [2.05, 4.69) is 17.9 Å². The number of benzene rings is 2. The molecule has 0 aliphatic rings. The Balaban J connectivity index is 2.43. The van der Waals surface area contributed by atoms with Crippen LogP contribution in [0.1, 0.15) is 41.7 Å². The number of hydrogen-bond acceptors (Lipinski definition) is 7. The third-order valence-corrected chi connectivity index (χ3v) is 5.29. The van der Waals surface area contributed by atoms with E-state index < -0.39 is 23.5 Å². The van der Waals surface area contributed by atoms with Gasteiger partial charge in [-0.3, -0.25) is 0 Å². The van der Waals surface area contributed by atoms with Gasteiger partial charge in [0.05, 0.1) is 7.11 Å². The average molecular weight is 453 g/mol. The molecule has 2 rings (SSSR count). The van der Waals surface area contributed by atoms with Crippen LogP contribution >= 0.6 is 0 Å². The highest BCUT2D eigenvalue weighted by Gasteiger charge is 2.26. The van der Waals surface area contributed by atoms with Crippen molar-refractivity contribution in [2.24, 2.45) is 0 Å². The van der Waals surface area contributed by atoms with Crippen LogP contribution in [0.2, 0.25) is 0 Å². The zero-order valence-corrected chi connectivity index (χ0v) is 19.3.